The van der Waals surface area contributed by atoms with Gasteiger partial charge in [0, 0.05) is 11.5 Å². The van der Waals surface area contributed by atoms with E-state index >= 15 is 0 Å². The molecular formula is C14H14BrFN2O4. The Balaban J connectivity index is 2.71. The first kappa shape index (κ1) is 16.4. The van der Waals surface area contributed by atoms with Crippen LogP contribution in [0.4, 0.5) is 9.18 Å². The van der Waals surface area contributed by atoms with Crippen molar-refractivity contribution >= 4 is 38.9 Å². The molecule has 0 spiro atoms. The number of carbonyl (C=O) groups excluding carboxylic acids is 2. The van der Waals surface area contributed by atoms with Crippen molar-refractivity contribution in [2.75, 3.05) is 7.11 Å². The predicted octanol–water partition coefficient (Wildman–Crippen LogP) is 3.51. The van der Waals surface area contributed by atoms with Gasteiger partial charge >= 0.3 is 12.1 Å². The van der Waals surface area contributed by atoms with E-state index in [4.69, 9.17) is 4.74 Å². The second-order valence-electron chi connectivity index (χ2n) is 5.51. The predicted molar refractivity (Wildman–Crippen MR) is 80.4 cm³/mol. The largest absolute Gasteiger partial charge is 0.464 e. The molecule has 2 aromatic heterocycles. The van der Waals surface area contributed by atoms with Crippen molar-refractivity contribution in [1.29, 1.82) is 0 Å². The van der Waals surface area contributed by atoms with Gasteiger partial charge in [-0.1, -0.05) is 0 Å². The van der Waals surface area contributed by atoms with Gasteiger partial charge < -0.3 is 9.47 Å². The van der Waals surface area contributed by atoms with Crippen LogP contribution in [0.1, 0.15) is 31.3 Å². The van der Waals surface area contributed by atoms with Gasteiger partial charge in [-0.3, -0.25) is 0 Å². The molecule has 118 valence electrons. The fourth-order valence-corrected chi connectivity index (χ4v) is 2.46. The zero-order valence-electron chi connectivity index (χ0n) is 12.4. The monoisotopic (exact) mass is 372 g/mol. The van der Waals surface area contributed by atoms with Crippen molar-refractivity contribution in [3.63, 3.8) is 0 Å². The Morgan fingerprint density at radius 1 is 1.32 bits per heavy atom. The van der Waals surface area contributed by atoms with Crippen LogP contribution in [0.3, 0.4) is 0 Å². The van der Waals surface area contributed by atoms with E-state index < -0.39 is 23.6 Å². The summed E-state index contributed by atoms with van der Waals surface area (Å²) < 4.78 is 24.9. The van der Waals surface area contributed by atoms with Crippen molar-refractivity contribution in [3.05, 3.63) is 28.4 Å². The minimum atomic E-state index is -0.847. The van der Waals surface area contributed by atoms with Crippen LogP contribution in [-0.2, 0) is 9.47 Å². The number of hydrogen-bond acceptors (Lipinski definition) is 5. The minimum absolute atomic E-state index is 0.120. The van der Waals surface area contributed by atoms with Crippen molar-refractivity contribution in [2.45, 2.75) is 26.4 Å². The number of pyridine rings is 1. The van der Waals surface area contributed by atoms with Gasteiger partial charge in [0.25, 0.3) is 0 Å². The number of ether oxygens (including phenoxy) is 2. The highest BCUT2D eigenvalue weighted by atomic mass is 79.9. The van der Waals surface area contributed by atoms with Gasteiger partial charge in [0.1, 0.15) is 5.60 Å². The molecule has 0 unspecified atom stereocenters. The maximum atomic E-state index is 13.5. The number of aromatic nitrogens is 2. The van der Waals surface area contributed by atoms with Gasteiger partial charge in [0.05, 0.1) is 17.2 Å². The zero-order chi connectivity index (χ0) is 16.7. The molecule has 0 saturated carbocycles. The summed E-state index contributed by atoms with van der Waals surface area (Å²) in [5.74, 6) is -1.69. The summed E-state index contributed by atoms with van der Waals surface area (Å²) in [6, 6.07) is 2.61. The molecule has 0 amide bonds. The molecule has 0 radical (unpaired) electrons. The molecule has 6 nitrogen and oxygen atoms in total. The van der Waals surface area contributed by atoms with Crippen molar-refractivity contribution in [3.8, 4) is 0 Å². The molecule has 0 saturated heterocycles. The molecule has 0 aliphatic heterocycles. The van der Waals surface area contributed by atoms with Crippen LogP contribution in [0, 0.1) is 5.95 Å². The average molecular weight is 373 g/mol. The Hall–Kier alpha value is -1.96. The Morgan fingerprint density at radius 3 is 2.50 bits per heavy atom. The third kappa shape index (κ3) is 3.11. The van der Waals surface area contributed by atoms with Crippen molar-refractivity contribution < 1.29 is 23.5 Å². The summed E-state index contributed by atoms with van der Waals surface area (Å²) >= 11 is 3.21. The maximum absolute atomic E-state index is 13.5. The zero-order valence-corrected chi connectivity index (χ0v) is 14.0. The lowest BCUT2D eigenvalue weighted by atomic mass is 10.2. The molecular weight excluding hydrogens is 359 g/mol. The lowest BCUT2D eigenvalue weighted by molar-refractivity contribution is 0.0540. The number of rotatable bonds is 1. The molecule has 0 aliphatic rings. The van der Waals surface area contributed by atoms with Crippen LogP contribution in [0.2, 0.25) is 0 Å². The molecule has 0 aromatic carbocycles. The van der Waals surface area contributed by atoms with Crippen LogP contribution >= 0.6 is 15.9 Å². The average Bonchev–Trinajstić information content (AvgIpc) is 2.70. The number of hydrogen-bond donors (Lipinski definition) is 0. The second kappa shape index (κ2) is 5.68. The third-order valence-electron chi connectivity index (χ3n) is 2.66. The summed E-state index contributed by atoms with van der Waals surface area (Å²) in [6.07, 6.45) is -0.715. The van der Waals surface area contributed by atoms with E-state index in [0.717, 1.165) is 17.7 Å². The van der Waals surface area contributed by atoms with E-state index in [1.807, 2.05) is 0 Å². The summed E-state index contributed by atoms with van der Waals surface area (Å²) in [5, 5.41) is 0.325. The highest BCUT2D eigenvalue weighted by Crippen LogP contribution is 2.28. The van der Waals surface area contributed by atoms with Crippen molar-refractivity contribution in [2.24, 2.45) is 0 Å². The van der Waals surface area contributed by atoms with E-state index in [0.29, 0.717) is 9.99 Å². The van der Waals surface area contributed by atoms with Crippen molar-refractivity contribution in [1.82, 2.24) is 9.55 Å². The number of methoxy groups -OCH3 is 1. The summed E-state index contributed by atoms with van der Waals surface area (Å²) in [7, 11) is 1.15. The second-order valence-corrected chi connectivity index (χ2v) is 6.32. The molecule has 0 bridgehead atoms. The normalized spacial score (nSPS) is 11.5. The van der Waals surface area contributed by atoms with Gasteiger partial charge in [-0.05, 0) is 42.8 Å². The van der Waals surface area contributed by atoms with Crippen LogP contribution < -0.4 is 0 Å². The van der Waals surface area contributed by atoms with E-state index in [-0.39, 0.29) is 11.2 Å². The number of carbonyl (C=O) groups is 2. The minimum Gasteiger partial charge on any atom is -0.464 e. The molecule has 8 heteroatoms. The standard InChI is InChI=1S/C14H14BrFN2O4/c1-14(2,3)22-13(20)18-8(15)5-7-6-9(16)17-10(11(7)18)12(19)21-4/h5-6H,1-4H3. The first-order chi connectivity index (χ1) is 10.1. The van der Waals surface area contributed by atoms with Gasteiger partial charge in [0.15, 0.2) is 5.69 Å². The van der Waals surface area contributed by atoms with E-state index in [2.05, 4.69) is 25.7 Å². The maximum Gasteiger partial charge on any atom is 0.419 e. The Labute approximate surface area is 134 Å². The van der Waals surface area contributed by atoms with Crippen LogP contribution in [0.15, 0.2) is 16.7 Å². The smallest absolute Gasteiger partial charge is 0.419 e. The number of halogens is 2. The van der Waals surface area contributed by atoms with E-state index in [9.17, 15) is 14.0 Å². The van der Waals surface area contributed by atoms with E-state index in [1.165, 1.54) is 6.07 Å². The Kier molecular flexibility index (Phi) is 4.23. The molecule has 0 aliphatic carbocycles. The topological polar surface area (TPSA) is 70.4 Å². The molecule has 0 atom stereocenters. The summed E-state index contributed by atoms with van der Waals surface area (Å²) in [4.78, 5) is 27.7. The summed E-state index contributed by atoms with van der Waals surface area (Å²) in [5.41, 5.74) is -0.908. The molecule has 0 fully saturated rings. The quantitative estimate of drug-likeness (QED) is 0.565. The highest BCUT2D eigenvalue weighted by molar-refractivity contribution is 9.10. The van der Waals surface area contributed by atoms with Gasteiger partial charge in [-0.2, -0.15) is 4.39 Å². The van der Waals surface area contributed by atoms with Crippen LogP contribution in [0.25, 0.3) is 10.9 Å². The van der Waals surface area contributed by atoms with Gasteiger partial charge in [-0.15, -0.1) is 0 Å². The number of esters is 1. The molecule has 2 aromatic rings. The molecule has 2 heterocycles. The lowest BCUT2D eigenvalue weighted by Gasteiger charge is -2.20. The summed E-state index contributed by atoms with van der Waals surface area (Å²) in [6.45, 7) is 5.14. The van der Waals surface area contributed by atoms with Crippen LogP contribution in [-0.4, -0.2) is 34.3 Å². The lowest BCUT2D eigenvalue weighted by Crippen LogP contribution is -2.27. The third-order valence-corrected chi connectivity index (χ3v) is 3.24. The first-order valence-corrected chi connectivity index (χ1v) is 7.12. The Morgan fingerprint density at radius 2 is 1.95 bits per heavy atom. The van der Waals surface area contributed by atoms with E-state index in [1.54, 1.807) is 20.8 Å². The van der Waals surface area contributed by atoms with Gasteiger partial charge in [0.2, 0.25) is 5.95 Å². The number of fused-ring (bicyclic) bond motifs is 1. The number of nitrogens with zero attached hydrogens (tertiary/aromatic N) is 2. The highest BCUT2D eigenvalue weighted by Gasteiger charge is 2.26. The van der Waals surface area contributed by atoms with Crippen LogP contribution in [0.5, 0.6) is 0 Å². The molecule has 0 N–H and O–H groups in total. The fraction of sp³-hybridized carbons (Fsp3) is 0.357. The molecule has 2 rings (SSSR count). The Bertz CT molecular complexity index is 764. The SMILES string of the molecule is COC(=O)c1nc(F)cc2cc(Br)n(C(=O)OC(C)(C)C)c12. The fourth-order valence-electron chi connectivity index (χ4n) is 1.90. The molecule has 22 heavy (non-hydrogen) atoms. The first-order valence-electron chi connectivity index (χ1n) is 6.33. The van der Waals surface area contributed by atoms with Gasteiger partial charge in [-0.25, -0.2) is 19.1 Å².